The molecule has 2 heteroatoms. The van der Waals surface area contributed by atoms with Crippen molar-refractivity contribution in [3.05, 3.63) is 0 Å². The minimum atomic E-state index is 0.479. The molecule has 15 heavy (non-hydrogen) atoms. The average molecular weight is 211 g/mol. The molecule has 0 bridgehead atoms. The smallest absolute Gasteiger partial charge is 0.132 e. The maximum absolute atomic E-state index is 11.4. The minimum Gasteiger partial charge on any atom is -0.317 e. The fraction of sp³-hybridized carbons (Fsp3) is 0.923. The average Bonchev–Trinajstić information content (AvgIpc) is 2.24. The van der Waals surface area contributed by atoms with E-state index in [0.717, 1.165) is 45.2 Å². The second-order valence-corrected chi connectivity index (χ2v) is 4.62. The molecule has 88 valence electrons. The topological polar surface area (TPSA) is 29.1 Å². The van der Waals surface area contributed by atoms with E-state index in [9.17, 15) is 4.79 Å². The van der Waals surface area contributed by atoms with Crippen LogP contribution in [0.1, 0.15) is 64.2 Å². The van der Waals surface area contributed by atoms with Crippen LogP contribution >= 0.6 is 0 Å². The predicted molar refractivity (Wildman–Crippen MR) is 64.0 cm³/mol. The molecule has 1 saturated heterocycles. The summed E-state index contributed by atoms with van der Waals surface area (Å²) in [5.74, 6) is 0.479. The number of Topliss-reactive ketones (excluding diaryl/α,β-unsaturated/α-hetero) is 1. The molecule has 0 saturated carbocycles. The van der Waals surface area contributed by atoms with E-state index < -0.39 is 0 Å². The number of nitrogens with one attached hydrogen (secondary N) is 1. The maximum Gasteiger partial charge on any atom is 0.132 e. The van der Waals surface area contributed by atoms with E-state index in [1.165, 1.54) is 32.1 Å². The van der Waals surface area contributed by atoms with Gasteiger partial charge in [-0.1, -0.05) is 25.7 Å². The van der Waals surface area contributed by atoms with Crippen LogP contribution in [-0.4, -0.2) is 18.9 Å². The summed E-state index contributed by atoms with van der Waals surface area (Å²) in [5, 5.41) is 3.44. The molecule has 1 rings (SSSR count). The lowest BCUT2D eigenvalue weighted by Gasteiger charge is -2.06. The Labute approximate surface area is 93.8 Å². The summed E-state index contributed by atoms with van der Waals surface area (Å²) in [6.07, 6.45) is 11.6. The van der Waals surface area contributed by atoms with Crippen molar-refractivity contribution in [3.8, 4) is 0 Å². The molecule has 1 aliphatic rings. The lowest BCUT2D eigenvalue weighted by atomic mass is 10.0. The molecule has 0 aromatic rings. The van der Waals surface area contributed by atoms with Gasteiger partial charge < -0.3 is 5.32 Å². The molecule has 0 spiro atoms. The van der Waals surface area contributed by atoms with E-state index in [2.05, 4.69) is 5.32 Å². The van der Waals surface area contributed by atoms with Gasteiger partial charge in [0.15, 0.2) is 0 Å². The number of rotatable bonds is 0. The first kappa shape index (κ1) is 12.7. The van der Waals surface area contributed by atoms with Crippen LogP contribution in [0.4, 0.5) is 0 Å². The summed E-state index contributed by atoms with van der Waals surface area (Å²) in [7, 11) is 0. The molecule has 1 N–H and O–H groups in total. The van der Waals surface area contributed by atoms with Gasteiger partial charge in [-0.25, -0.2) is 0 Å². The molecule has 1 aliphatic heterocycles. The van der Waals surface area contributed by atoms with Gasteiger partial charge in [0.2, 0.25) is 0 Å². The highest BCUT2D eigenvalue weighted by Gasteiger charge is 2.02. The van der Waals surface area contributed by atoms with Gasteiger partial charge in [0.25, 0.3) is 0 Å². The fourth-order valence-corrected chi connectivity index (χ4v) is 2.10. The Morgan fingerprint density at radius 1 is 0.667 bits per heavy atom. The molecule has 0 unspecified atom stereocenters. The first-order valence-electron chi connectivity index (χ1n) is 6.62. The normalized spacial score (nSPS) is 23.3. The molecule has 0 aromatic heterocycles. The largest absolute Gasteiger partial charge is 0.317 e. The Morgan fingerprint density at radius 3 is 1.87 bits per heavy atom. The van der Waals surface area contributed by atoms with Crippen LogP contribution < -0.4 is 5.32 Å². The van der Waals surface area contributed by atoms with Gasteiger partial charge in [0, 0.05) is 12.8 Å². The van der Waals surface area contributed by atoms with E-state index in [1.54, 1.807) is 0 Å². The summed E-state index contributed by atoms with van der Waals surface area (Å²) in [6.45, 7) is 2.25. The molecule has 1 fully saturated rings. The summed E-state index contributed by atoms with van der Waals surface area (Å²) < 4.78 is 0. The Hall–Kier alpha value is -0.370. The monoisotopic (exact) mass is 211 g/mol. The van der Waals surface area contributed by atoms with Gasteiger partial charge in [-0.3, -0.25) is 4.79 Å². The lowest BCUT2D eigenvalue weighted by Crippen LogP contribution is -2.17. The molecule has 0 amide bonds. The van der Waals surface area contributed by atoms with Crippen LogP contribution in [0.25, 0.3) is 0 Å². The van der Waals surface area contributed by atoms with Crippen LogP contribution in [0, 0.1) is 0 Å². The zero-order valence-electron chi connectivity index (χ0n) is 9.89. The van der Waals surface area contributed by atoms with Gasteiger partial charge in [0.1, 0.15) is 5.78 Å². The van der Waals surface area contributed by atoms with Crippen LogP contribution in [0.2, 0.25) is 0 Å². The quantitative estimate of drug-likeness (QED) is 0.667. The molecule has 0 atom stereocenters. The van der Waals surface area contributed by atoms with Gasteiger partial charge >= 0.3 is 0 Å². The fourth-order valence-electron chi connectivity index (χ4n) is 2.10. The molecule has 1 heterocycles. The van der Waals surface area contributed by atoms with Crippen LogP contribution in [0.5, 0.6) is 0 Å². The van der Waals surface area contributed by atoms with E-state index in [4.69, 9.17) is 0 Å². The molecule has 2 nitrogen and oxygen atoms in total. The number of ketones is 1. The van der Waals surface area contributed by atoms with Crippen LogP contribution in [-0.2, 0) is 4.79 Å². The highest BCUT2D eigenvalue weighted by atomic mass is 16.1. The third-order valence-corrected chi connectivity index (χ3v) is 3.12. The number of carbonyl (C=O) groups is 1. The van der Waals surface area contributed by atoms with Crippen molar-refractivity contribution in [2.24, 2.45) is 0 Å². The first-order valence-corrected chi connectivity index (χ1v) is 6.62. The number of hydrogen-bond donors (Lipinski definition) is 1. The summed E-state index contributed by atoms with van der Waals surface area (Å²) in [6, 6.07) is 0. The molecular weight excluding hydrogens is 186 g/mol. The van der Waals surface area contributed by atoms with E-state index in [1.807, 2.05) is 0 Å². The molecule has 0 aromatic carbocycles. The highest BCUT2D eigenvalue weighted by molar-refractivity contribution is 5.78. The van der Waals surface area contributed by atoms with Crippen LogP contribution in [0.15, 0.2) is 0 Å². The summed E-state index contributed by atoms with van der Waals surface area (Å²) in [4.78, 5) is 11.4. The molecular formula is C13H25NO. The predicted octanol–water partition coefficient (Wildman–Crippen LogP) is 3.06. The third kappa shape index (κ3) is 7.55. The zero-order valence-corrected chi connectivity index (χ0v) is 9.89. The Morgan fingerprint density at radius 2 is 1.13 bits per heavy atom. The van der Waals surface area contributed by atoms with E-state index in [0.29, 0.717) is 5.78 Å². The van der Waals surface area contributed by atoms with Crippen molar-refractivity contribution in [1.82, 2.24) is 5.32 Å². The number of carbonyl (C=O) groups excluding carboxylic acids is 1. The Balaban J connectivity index is 2.13. The Kier molecular flexibility index (Phi) is 7.53. The SMILES string of the molecule is O=C1CCCCCCCCNCCCC1. The molecule has 0 aliphatic carbocycles. The lowest BCUT2D eigenvalue weighted by molar-refractivity contribution is -0.119. The van der Waals surface area contributed by atoms with Crippen molar-refractivity contribution in [2.75, 3.05) is 13.1 Å². The highest BCUT2D eigenvalue weighted by Crippen LogP contribution is 2.09. The number of hydrogen-bond acceptors (Lipinski definition) is 2. The van der Waals surface area contributed by atoms with Gasteiger partial charge in [-0.15, -0.1) is 0 Å². The van der Waals surface area contributed by atoms with Crippen molar-refractivity contribution in [3.63, 3.8) is 0 Å². The molecule has 0 radical (unpaired) electrons. The summed E-state index contributed by atoms with van der Waals surface area (Å²) >= 11 is 0. The zero-order chi connectivity index (χ0) is 10.8. The van der Waals surface area contributed by atoms with Gasteiger partial charge in [-0.2, -0.15) is 0 Å². The second-order valence-electron chi connectivity index (χ2n) is 4.62. The van der Waals surface area contributed by atoms with Gasteiger partial charge in [0.05, 0.1) is 0 Å². The third-order valence-electron chi connectivity index (χ3n) is 3.12. The van der Waals surface area contributed by atoms with Gasteiger partial charge in [-0.05, 0) is 38.8 Å². The first-order chi connectivity index (χ1) is 7.39. The van der Waals surface area contributed by atoms with Crippen molar-refractivity contribution in [2.45, 2.75) is 64.2 Å². The standard InChI is InChI=1S/C13H25NO/c15-13-9-5-3-1-2-4-7-11-14-12-8-6-10-13/h14H,1-12H2. The van der Waals surface area contributed by atoms with E-state index >= 15 is 0 Å². The van der Waals surface area contributed by atoms with Crippen molar-refractivity contribution < 1.29 is 4.79 Å². The van der Waals surface area contributed by atoms with Crippen molar-refractivity contribution >= 4 is 5.78 Å². The maximum atomic E-state index is 11.4. The minimum absolute atomic E-state index is 0.479. The van der Waals surface area contributed by atoms with E-state index in [-0.39, 0.29) is 0 Å². The Bertz CT molecular complexity index is 152. The summed E-state index contributed by atoms with van der Waals surface area (Å²) in [5.41, 5.74) is 0. The van der Waals surface area contributed by atoms with Crippen molar-refractivity contribution in [1.29, 1.82) is 0 Å². The second kappa shape index (κ2) is 8.90. The van der Waals surface area contributed by atoms with Crippen LogP contribution in [0.3, 0.4) is 0 Å².